The summed E-state index contributed by atoms with van der Waals surface area (Å²) in [6, 6.07) is 12.1. The van der Waals surface area contributed by atoms with Crippen molar-refractivity contribution in [3.05, 3.63) is 70.9 Å². The minimum atomic E-state index is -4.53. The van der Waals surface area contributed by atoms with Gasteiger partial charge < -0.3 is 9.64 Å². The molecule has 0 aliphatic carbocycles. The van der Waals surface area contributed by atoms with Crippen molar-refractivity contribution >= 4 is 29.2 Å². The number of hydrogen-bond donors (Lipinski definition) is 1. The fourth-order valence-electron chi connectivity index (χ4n) is 4.09. The molecule has 2 heterocycles. The van der Waals surface area contributed by atoms with Crippen molar-refractivity contribution in [2.24, 2.45) is 0 Å². The second-order valence-corrected chi connectivity index (χ2v) is 8.90. The molecule has 1 aliphatic heterocycles. The monoisotopic (exact) mass is 503 g/mol. The molecule has 9 heteroatoms. The Morgan fingerprint density at radius 3 is 2.40 bits per heavy atom. The molecule has 0 spiro atoms. The van der Waals surface area contributed by atoms with Crippen molar-refractivity contribution < 1.29 is 22.7 Å². The summed E-state index contributed by atoms with van der Waals surface area (Å²) >= 11 is 5.88. The first-order valence-electron chi connectivity index (χ1n) is 11.4. The molecular formula is C26H25ClF3N3O2. The van der Waals surface area contributed by atoms with Crippen LogP contribution >= 0.6 is 11.6 Å². The molecule has 0 unspecified atom stereocenters. The zero-order valence-electron chi connectivity index (χ0n) is 19.2. The van der Waals surface area contributed by atoms with Crippen LogP contribution in [-0.4, -0.2) is 24.2 Å². The van der Waals surface area contributed by atoms with Crippen LogP contribution in [0.5, 0.6) is 5.75 Å². The van der Waals surface area contributed by atoms with Gasteiger partial charge in [-0.25, -0.2) is 9.78 Å². The highest BCUT2D eigenvalue weighted by molar-refractivity contribution is 6.31. The Morgan fingerprint density at radius 1 is 1.03 bits per heavy atom. The second-order valence-electron chi connectivity index (χ2n) is 8.49. The molecule has 5 nitrogen and oxygen atoms in total. The van der Waals surface area contributed by atoms with Crippen molar-refractivity contribution in [2.75, 3.05) is 23.3 Å². The molecule has 4 rings (SSSR count). The molecule has 0 radical (unpaired) electrons. The second kappa shape index (κ2) is 10.6. The number of ether oxygens (including phenoxy) is 1. The number of amides is 1. The van der Waals surface area contributed by atoms with Crippen LogP contribution in [0, 0.1) is 6.92 Å². The maximum atomic E-state index is 13.0. The van der Waals surface area contributed by atoms with Crippen LogP contribution in [0.2, 0.25) is 5.02 Å². The molecule has 1 N–H and O–H groups in total. The van der Waals surface area contributed by atoms with Crippen molar-refractivity contribution in [1.29, 1.82) is 0 Å². The van der Waals surface area contributed by atoms with E-state index in [9.17, 15) is 18.0 Å². The maximum Gasteiger partial charge on any atom is 0.417 e. The zero-order chi connectivity index (χ0) is 25.0. The molecule has 0 atom stereocenters. The fraction of sp³-hybridized carbons (Fsp3) is 0.308. The molecule has 35 heavy (non-hydrogen) atoms. The molecule has 2 aromatic carbocycles. The van der Waals surface area contributed by atoms with Gasteiger partial charge >= 0.3 is 12.3 Å². The van der Waals surface area contributed by atoms with Crippen LogP contribution in [-0.2, 0) is 6.18 Å². The Morgan fingerprint density at radius 2 is 1.77 bits per heavy atom. The minimum absolute atomic E-state index is 0.244. The van der Waals surface area contributed by atoms with Gasteiger partial charge in [-0.05, 0) is 72.9 Å². The molecule has 0 saturated carbocycles. The summed E-state index contributed by atoms with van der Waals surface area (Å²) < 4.78 is 44.5. The van der Waals surface area contributed by atoms with E-state index in [4.69, 9.17) is 16.3 Å². The average Bonchev–Trinajstić information content (AvgIpc) is 3.09. The lowest BCUT2D eigenvalue weighted by Crippen LogP contribution is -2.25. The van der Waals surface area contributed by atoms with E-state index in [0.29, 0.717) is 16.8 Å². The minimum Gasteiger partial charge on any atom is -0.410 e. The largest absolute Gasteiger partial charge is 0.417 e. The van der Waals surface area contributed by atoms with Gasteiger partial charge in [0, 0.05) is 13.1 Å². The summed E-state index contributed by atoms with van der Waals surface area (Å²) in [5.74, 6) is 1.12. The van der Waals surface area contributed by atoms with Crippen molar-refractivity contribution in [3.8, 4) is 16.9 Å². The number of aryl methyl sites for hydroxylation is 1. The van der Waals surface area contributed by atoms with Crippen LogP contribution in [0.25, 0.3) is 11.1 Å². The van der Waals surface area contributed by atoms with Crippen LogP contribution < -0.4 is 15.0 Å². The van der Waals surface area contributed by atoms with Crippen LogP contribution in [0.15, 0.2) is 54.7 Å². The molecule has 184 valence electrons. The molecule has 0 bridgehead atoms. The van der Waals surface area contributed by atoms with E-state index >= 15 is 0 Å². The van der Waals surface area contributed by atoms with E-state index in [-0.39, 0.29) is 5.75 Å². The van der Waals surface area contributed by atoms with E-state index in [2.05, 4.69) is 15.2 Å². The van der Waals surface area contributed by atoms with Gasteiger partial charge in [-0.1, -0.05) is 36.6 Å². The van der Waals surface area contributed by atoms with E-state index in [1.54, 1.807) is 30.5 Å². The lowest BCUT2D eigenvalue weighted by atomic mass is 9.99. The third-order valence-electron chi connectivity index (χ3n) is 5.93. The molecule has 3 aromatic rings. The smallest absolute Gasteiger partial charge is 0.410 e. The predicted octanol–water partition coefficient (Wildman–Crippen LogP) is 7.72. The number of benzene rings is 2. The number of alkyl halides is 3. The van der Waals surface area contributed by atoms with Gasteiger partial charge in [-0.3, -0.25) is 5.32 Å². The van der Waals surface area contributed by atoms with Crippen LogP contribution in [0.4, 0.5) is 29.5 Å². The molecular weight excluding hydrogens is 479 g/mol. The Bertz CT molecular complexity index is 1190. The average molecular weight is 504 g/mol. The summed E-state index contributed by atoms with van der Waals surface area (Å²) in [7, 11) is 0. The first-order valence-corrected chi connectivity index (χ1v) is 11.8. The number of anilines is 2. The van der Waals surface area contributed by atoms with E-state index in [1.807, 2.05) is 13.0 Å². The van der Waals surface area contributed by atoms with Gasteiger partial charge in [0.15, 0.2) is 0 Å². The van der Waals surface area contributed by atoms with E-state index in [1.165, 1.54) is 25.0 Å². The Hall–Kier alpha value is -3.26. The quantitative estimate of drug-likeness (QED) is 0.396. The third-order valence-corrected chi connectivity index (χ3v) is 6.24. The van der Waals surface area contributed by atoms with E-state index < -0.39 is 22.9 Å². The number of hydrogen-bond acceptors (Lipinski definition) is 4. The van der Waals surface area contributed by atoms with Gasteiger partial charge in [0.25, 0.3) is 0 Å². The molecule has 1 amide bonds. The number of nitrogens with one attached hydrogen (secondary N) is 1. The van der Waals surface area contributed by atoms with Crippen molar-refractivity contribution in [2.45, 2.75) is 38.8 Å². The number of carbonyl (C=O) groups excluding carboxylic acids is 1. The van der Waals surface area contributed by atoms with Crippen molar-refractivity contribution in [3.63, 3.8) is 0 Å². The highest BCUT2D eigenvalue weighted by atomic mass is 35.5. The van der Waals surface area contributed by atoms with Gasteiger partial charge in [0.2, 0.25) is 0 Å². The summed E-state index contributed by atoms with van der Waals surface area (Å²) in [4.78, 5) is 19.1. The molecule has 1 aliphatic rings. The summed E-state index contributed by atoms with van der Waals surface area (Å²) in [6.45, 7) is 3.76. The first-order chi connectivity index (χ1) is 16.7. The van der Waals surface area contributed by atoms with Gasteiger partial charge in [0.05, 0.1) is 22.5 Å². The first kappa shape index (κ1) is 24.9. The van der Waals surface area contributed by atoms with Gasteiger partial charge in [-0.2, -0.15) is 13.2 Å². The van der Waals surface area contributed by atoms with Gasteiger partial charge in [-0.15, -0.1) is 0 Å². The Labute approximate surface area is 206 Å². The van der Waals surface area contributed by atoms with Crippen LogP contribution in [0.1, 0.15) is 36.8 Å². The Kier molecular flexibility index (Phi) is 7.50. The number of nitrogens with zero attached hydrogens (tertiary/aromatic N) is 2. The summed E-state index contributed by atoms with van der Waals surface area (Å²) in [5.41, 5.74) is 1.48. The Balaban J connectivity index is 1.44. The lowest BCUT2D eigenvalue weighted by Gasteiger charge is -2.21. The van der Waals surface area contributed by atoms with Crippen molar-refractivity contribution in [1.82, 2.24) is 4.98 Å². The summed E-state index contributed by atoms with van der Waals surface area (Å²) in [5, 5.41) is 2.26. The predicted molar refractivity (Wildman–Crippen MR) is 131 cm³/mol. The SMILES string of the molecule is Cc1ccc(OC(=O)Nc2ccc(N3CCCCCC3)nc2)cc1-c1ccc(C(F)(F)F)c(Cl)c1. The number of rotatable bonds is 4. The highest BCUT2D eigenvalue weighted by Gasteiger charge is 2.33. The topological polar surface area (TPSA) is 54.5 Å². The number of pyridine rings is 1. The maximum absolute atomic E-state index is 13.0. The highest BCUT2D eigenvalue weighted by Crippen LogP contribution is 2.38. The number of aromatic nitrogens is 1. The molecule has 1 aromatic heterocycles. The number of carbonyl (C=O) groups is 1. The standard InChI is InChI=1S/C26H25ClF3N3O2/c1-17-6-9-20(15-21(17)18-7-10-22(23(27)14-18)26(28,29)30)35-25(34)32-19-8-11-24(31-16-19)33-12-4-2-3-5-13-33/h6-11,14-16H,2-5,12-13H2,1H3,(H,32,34). The van der Waals surface area contributed by atoms with Crippen LogP contribution in [0.3, 0.4) is 0 Å². The zero-order valence-corrected chi connectivity index (χ0v) is 19.9. The lowest BCUT2D eigenvalue weighted by molar-refractivity contribution is -0.137. The van der Waals surface area contributed by atoms with E-state index in [0.717, 1.165) is 43.4 Å². The third kappa shape index (κ3) is 6.25. The molecule has 1 fully saturated rings. The normalized spacial score (nSPS) is 14.4. The fourth-order valence-corrected chi connectivity index (χ4v) is 4.37. The van der Waals surface area contributed by atoms with Gasteiger partial charge in [0.1, 0.15) is 11.6 Å². The number of halogens is 4. The molecule has 1 saturated heterocycles. The summed E-state index contributed by atoms with van der Waals surface area (Å²) in [6.07, 6.45) is 1.11.